The van der Waals surface area contributed by atoms with Gasteiger partial charge in [0.25, 0.3) is 11.5 Å². The molecule has 1 unspecified atom stereocenters. The van der Waals surface area contributed by atoms with Gasteiger partial charge in [0, 0.05) is 33.8 Å². The molecular formula is C25H30ClN5O4S. The van der Waals surface area contributed by atoms with Gasteiger partial charge in [-0.3, -0.25) is 14.4 Å². The minimum atomic E-state index is -0.795. The average Bonchev–Trinajstić information content (AvgIpc) is 3.15. The number of halogens is 1. The first-order valence-electron chi connectivity index (χ1n) is 11.5. The van der Waals surface area contributed by atoms with Crippen LogP contribution in [0.2, 0.25) is 5.02 Å². The van der Waals surface area contributed by atoms with Crippen LogP contribution in [-0.4, -0.2) is 27.6 Å². The van der Waals surface area contributed by atoms with Crippen molar-refractivity contribution < 1.29 is 14.3 Å². The van der Waals surface area contributed by atoms with E-state index in [0.29, 0.717) is 34.9 Å². The number of hydrogen-bond donors (Lipinski definition) is 3. The summed E-state index contributed by atoms with van der Waals surface area (Å²) in [6, 6.07) is 6.71. The second kappa shape index (κ2) is 12.0. The van der Waals surface area contributed by atoms with Gasteiger partial charge in [-0.25, -0.2) is 9.66 Å². The summed E-state index contributed by atoms with van der Waals surface area (Å²) >= 11 is 7.70. The van der Waals surface area contributed by atoms with Crippen LogP contribution in [0.5, 0.6) is 5.75 Å². The lowest BCUT2D eigenvalue weighted by atomic mass is 10.1. The number of pyridine rings is 1. The van der Waals surface area contributed by atoms with Crippen LogP contribution in [0.1, 0.15) is 45.6 Å². The van der Waals surface area contributed by atoms with Crippen molar-refractivity contribution in [1.82, 2.24) is 15.0 Å². The first-order chi connectivity index (χ1) is 17.1. The molecule has 0 saturated heterocycles. The highest BCUT2D eigenvalue weighted by Crippen LogP contribution is 2.24. The molecule has 3 rings (SSSR count). The first-order valence-corrected chi connectivity index (χ1v) is 12.7. The van der Waals surface area contributed by atoms with Crippen molar-refractivity contribution in [3.8, 4) is 5.75 Å². The maximum Gasteiger partial charge on any atom is 0.272 e. The summed E-state index contributed by atoms with van der Waals surface area (Å²) in [6.45, 7) is 8.01. The third-order valence-corrected chi connectivity index (χ3v) is 6.94. The van der Waals surface area contributed by atoms with Crippen LogP contribution in [-0.2, 0) is 29.1 Å². The molecule has 4 N–H and O–H groups in total. The van der Waals surface area contributed by atoms with E-state index in [4.69, 9.17) is 22.1 Å². The molecule has 9 nitrogen and oxygen atoms in total. The number of nitrogens with one attached hydrogen (secondary N) is 2. The second-order valence-electron chi connectivity index (χ2n) is 8.35. The van der Waals surface area contributed by atoms with Gasteiger partial charge in [0.1, 0.15) is 5.75 Å². The monoisotopic (exact) mass is 531 g/mol. The van der Waals surface area contributed by atoms with Gasteiger partial charge in [-0.2, -0.15) is 0 Å². The van der Waals surface area contributed by atoms with Crippen LogP contribution >= 0.6 is 22.9 Å². The number of primary amides is 1. The van der Waals surface area contributed by atoms with Crippen molar-refractivity contribution in [3.63, 3.8) is 0 Å². The molecule has 1 atom stereocenters. The quantitative estimate of drug-likeness (QED) is 0.349. The van der Waals surface area contributed by atoms with Crippen molar-refractivity contribution in [2.45, 2.75) is 59.7 Å². The van der Waals surface area contributed by atoms with Crippen molar-refractivity contribution >= 4 is 34.8 Å². The zero-order chi connectivity index (χ0) is 26.4. The van der Waals surface area contributed by atoms with Crippen LogP contribution in [0.4, 0.5) is 0 Å². The fourth-order valence-corrected chi connectivity index (χ4v) is 4.68. The molecular weight excluding hydrogens is 502 g/mol. The summed E-state index contributed by atoms with van der Waals surface area (Å²) in [7, 11) is 0. The Kier molecular flexibility index (Phi) is 9.11. The molecule has 0 aliphatic carbocycles. The van der Waals surface area contributed by atoms with E-state index in [-0.39, 0.29) is 24.4 Å². The standard InChI is InChI=1S/C25H30ClN5O4S/c1-5-20(24(27)33)35-21-7-6-18(26)10-17(21)12-28-23(32)11-19-14(2)8-9-31(25(19)34)29-13-22-15(3)30-16(4)36-22/h6-10,20,29H,5,11-13H2,1-4H3,(H2,27,33)(H,28,32). The molecule has 192 valence electrons. The Bertz CT molecular complexity index is 1320. The molecule has 2 aromatic heterocycles. The van der Waals surface area contributed by atoms with Crippen molar-refractivity contribution in [2.24, 2.45) is 5.73 Å². The second-order valence-corrected chi connectivity index (χ2v) is 10.1. The number of nitrogens with zero attached hydrogens (tertiary/aromatic N) is 2. The zero-order valence-electron chi connectivity index (χ0n) is 20.7. The molecule has 3 aromatic rings. The summed E-state index contributed by atoms with van der Waals surface area (Å²) in [5.74, 6) is -0.511. The number of amides is 2. The van der Waals surface area contributed by atoms with E-state index in [1.165, 1.54) is 4.68 Å². The number of carbonyl (C=O) groups excluding carboxylic acids is 2. The Morgan fingerprint density at radius 3 is 2.61 bits per heavy atom. The Morgan fingerprint density at radius 2 is 1.97 bits per heavy atom. The van der Waals surface area contributed by atoms with E-state index in [9.17, 15) is 14.4 Å². The third kappa shape index (κ3) is 6.86. The van der Waals surface area contributed by atoms with E-state index >= 15 is 0 Å². The van der Waals surface area contributed by atoms with Gasteiger partial charge in [0.05, 0.1) is 23.7 Å². The molecule has 2 heterocycles. The minimum Gasteiger partial charge on any atom is -0.480 e. The smallest absolute Gasteiger partial charge is 0.272 e. The number of aryl methyl sites for hydroxylation is 3. The van der Waals surface area contributed by atoms with Crippen LogP contribution < -0.4 is 26.8 Å². The molecule has 0 fully saturated rings. The van der Waals surface area contributed by atoms with Gasteiger partial charge < -0.3 is 21.2 Å². The largest absolute Gasteiger partial charge is 0.480 e. The first kappa shape index (κ1) is 27.2. The van der Waals surface area contributed by atoms with Gasteiger partial charge in [-0.1, -0.05) is 18.5 Å². The number of benzene rings is 1. The van der Waals surface area contributed by atoms with Gasteiger partial charge >= 0.3 is 0 Å². The number of ether oxygens (including phenoxy) is 1. The number of aromatic nitrogens is 2. The Morgan fingerprint density at radius 1 is 1.22 bits per heavy atom. The maximum absolute atomic E-state index is 13.1. The van der Waals surface area contributed by atoms with E-state index in [2.05, 4.69) is 15.7 Å². The molecule has 0 aliphatic rings. The summed E-state index contributed by atoms with van der Waals surface area (Å²) in [5.41, 5.74) is 10.8. The molecule has 11 heteroatoms. The number of carbonyl (C=O) groups is 2. The molecule has 36 heavy (non-hydrogen) atoms. The van der Waals surface area contributed by atoms with Crippen LogP contribution in [0.3, 0.4) is 0 Å². The highest BCUT2D eigenvalue weighted by Gasteiger charge is 2.18. The Hall–Kier alpha value is -3.37. The van der Waals surface area contributed by atoms with Gasteiger partial charge in [0.2, 0.25) is 5.91 Å². The molecule has 0 spiro atoms. The molecule has 0 aliphatic heterocycles. The SMILES string of the molecule is CCC(Oc1ccc(Cl)cc1CNC(=O)Cc1c(C)ccn(NCc2sc(C)nc2C)c1=O)C(N)=O. The molecule has 0 radical (unpaired) electrons. The van der Waals surface area contributed by atoms with Gasteiger partial charge in [-0.15, -0.1) is 11.3 Å². The van der Waals surface area contributed by atoms with Crippen molar-refractivity contribution in [3.05, 3.63) is 78.1 Å². The van der Waals surface area contributed by atoms with E-state index in [1.54, 1.807) is 55.6 Å². The normalized spacial score (nSPS) is 11.7. The van der Waals surface area contributed by atoms with E-state index in [1.807, 2.05) is 13.8 Å². The third-order valence-electron chi connectivity index (χ3n) is 5.63. The summed E-state index contributed by atoms with van der Waals surface area (Å²) < 4.78 is 7.13. The van der Waals surface area contributed by atoms with Crippen LogP contribution in [0, 0.1) is 20.8 Å². The zero-order valence-corrected chi connectivity index (χ0v) is 22.3. The Balaban J connectivity index is 1.69. The lowest BCUT2D eigenvalue weighted by Gasteiger charge is -2.18. The molecule has 0 bridgehead atoms. The summed E-state index contributed by atoms with van der Waals surface area (Å²) in [5, 5.41) is 4.23. The van der Waals surface area contributed by atoms with Crippen LogP contribution in [0.15, 0.2) is 35.3 Å². The molecule has 2 amide bonds. The summed E-state index contributed by atoms with van der Waals surface area (Å²) in [4.78, 5) is 42.9. The number of rotatable bonds is 11. The van der Waals surface area contributed by atoms with Crippen molar-refractivity contribution in [1.29, 1.82) is 0 Å². The topological polar surface area (TPSA) is 128 Å². The Labute approximate surface area is 218 Å². The fourth-order valence-electron chi connectivity index (χ4n) is 3.62. The summed E-state index contributed by atoms with van der Waals surface area (Å²) in [6.07, 6.45) is 1.16. The predicted octanol–water partition coefficient (Wildman–Crippen LogP) is 3.13. The number of nitrogens with two attached hydrogens (primary N) is 1. The van der Waals surface area contributed by atoms with Crippen LogP contribution in [0.25, 0.3) is 0 Å². The lowest BCUT2D eigenvalue weighted by Crippen LogP contribution is -2.35. The minimum absolute atomic E-state index is 0.0957. The lowest BCUT2D eigenvalue weighted by molar-refractivity contribution is -0.125. The van der Waals surface area contributed by atoms with E-state index in [0.717, 1.165) is 21.1 Å². The average molecular weight is 532 g/mol. The molecule has 1 aromatic carbocycles. The molecule has 0 saturated carbocycles. The van der Waals surface area contributed by atoms with Crippen molar-refractivity contribution in [2.75, 3.05) is 5.43 Å². The fraction of sp³-hybridized carbons (Fsp3) is 0.360. The predicted molar refractivity (Wildman–Crippen MR) is 141 cm³/mol. The number of hydrogen-bond acceptors (Lipinski definition) is 7. The van der Waals surface area contributed by atoms with Gasteiger partial charge in [0.15, 0.2) is 6.10 Å². The number of thiazole rings is 1. The van der Waals surface area contributed by atoms with E-state index < -0.39 is 12.0 Å². The van der Waals surface area contributed by atoms with Gasteiger partial charge in [-0.05, 0) is 57.0 Å². The highest BCUT2D eigenvalue weighted by atomic mass is 35.5. The maximum atomic E-state index is 13.1. The highest BCUT2D eigenvalue weighted by molar-refractivity contribution is 7.11.